The third-order valence-electron chi connectivity index (χ3n) is 5.38. The summed E-state index contributed by atoms with van der Waals surface area (Å²) < 4.78 is 0. The molecule has 1 atom stereocenters. The number of likely N-dealkylation sites (N-methyl/N-ethyl adjacent to an activating group) is 1. The molecule has 3 rings (SSSR count). The molecule has 1 aliphatic heterocycles. The molecule has 2 aromatic carbocycles. The standard InChI is InChI=1S/C23H27N3O2/c1-15-6-9-19(10-7-15)22-13-21(20-11-8-16(2)17(3)12-20)24-26(22)23(28)14-25(5)18(4)27/h6-12,22H,13-14H2,1-5H3/t22-/m0/s1. The van der Waals surface area contributed by atoms with Crippen LogP contribution >= 0.6 is 0 Å². The number of hydrazone groups is 1. The first-order chi connectivity index (χ1) is 13.3. The molecule has 0 unspecified atom stereocenters. The van der Waals surface area contributed by atoms with Crippen molar-refractivity contribution in [2.24, 2.45) is 5.10 Å². The third kappa shape index (κ3) is 4.14. The Balaban J connectivity index is 1.94. The summed E-state index contributed by atoms with van der Waals surface area (Å²) in [6, 6.07) is 14.3. The van der Waals surface area contributed by atoms with Gasteiger partial charge in [0.25, 0.3) is 5.91 Å². The summed E-state index contributed by atoms with van der Waals surface area (Å²) in [6.07, 6.45) is 0.654. The second kappa shape index (κ2) is 7.97. The number of rotatable bonds is 4. The second-order valence-corrected chi connectivity index (χ2v) is 7.59. The number of aryl methyl sites for hydroxylation is 3. The van der Waals surface area contributed by atoms with Crippen molar-refractivity contribution in [3.63, 3.8) is 0 Å². The lowest BCUT2D eigenvalue weighted by molar-refractivity contribution is -0.139. The molecule has 5 heteroatoms. The van der Waals surface area contributed by atoms with Crippen LogP contribution in [0, 0.1) is 20.8 Å². The number of benzene rings is 2. The largest absolute Gasteiger partial charge is 0.337 e. The van der Waals surface area contributed by atoms with Crippen LogP contribution in [-0.2, 0) is 9.59 Å². The summed E-state index contributed by atoms with van der Waals surface area (Å²) in [7, 11) is 1.63. The highest BCUT2D eigenvalue weighted by Gasteiger charge is 2.33. The smallest absolute Gasteiger partial charge is 0.262 e. The van der Waals surface area contributed by atoms with E-state index in [4.69, 9.17) is 0 Å². The highest BCUT2D eigenvalue weighted by atomic mass is 16.2. The Morgan fingerprint density at radius 3 is 2.36 bits per heavy atom. The first-order valence-electron chi connectivity index (χ1n) is 9.51. The SMILES string of the molecule is CC(=O)N(C)CC(=O)N1N=C(c2ccc(C)c(C)c2)C[C@H]1c1ccc(C)cc1. The Morgan fingerprint density at radius 1 is 1.07 bits per heavy atom. The van der Waals surface area contributed by atoms with Gasteiger partial charge in [-0.3, -0.25) is 9.59 Å². The summed E-state index contributed by atoms with van der Waals surface area (Å²) in [5.74, 6) is -0.320. The van der Waals surface area contributed by atoms with Gasteiger partial charge < -0.3 is 4.90 Å². The van der Waals surface area contributed by atoms with Gasteiger partial charge in [-0.05, 0) is 49.1 Å². The average Bonchev–Trinajstić information content (AvgIpc) is 3.10. The molecule has 0 radical (unpaired) electrons. The minimum Gasteiger partial charge on any atom is -0.337 e. The van der Waals surface area contributed by atoms with E-state index in [1.807, 2.05) is 31.2 Å². The Morgan fingerprint density at radius 2 is 1.75 bits per heavy atom. The molecule has 1 heterocycles. The molecule has 2 aromatic rings. The lowest BCUT2D eigenvalue weighted by Gasteiger charge is -2.24. The molecule has 0 saturated heterocycles. The van der Waals surface area contributed by atoms with E-state index in [0.29, 0.717) is 6.42 Å². The lowest BCUT2D eigenvalue weighted by atomic mass is 9.96. The molecule has 0 N–H and O–H groups in total. The first kappa shape index (κ1) is 19.8. The molecule has 0 spiro atoms. The fourth-order valence-corrected chi connectivity index (χ4v) is 3.27. The number of carbonyl (C=O) groups excluding carboxylic acids is 2. The molecule has 0 bridgehead atoms. The Kier molecular flexibility index (Phi) is 5.63. The van der Waals surface area contributed by atoms with Crippen LogP contribution in [0.3, 0.4) is 0 Å². The molecule has 0 fully saturated rings. The zero-order chi connectivity index (χ0) is 20.4. The summed E-state index contributed by atoms with van der Waals surface area (Å²) in [5.41, 5.74) is 6.59. The van der Waals surface area contributed by atoms with Crippen LogP contribution in [0.4, 0.5) is 0 Å². The lowest BCUT2D eigenvalue weighted by Crippen LogP contribution is -2.38. The Labute approximate surface area is 166 Å². The van der Waals surface area contributed by atoms with E-state index in [2.05, 4.69) is 37.1 Å². The molecular weight excluding hydrogens is 350 g/mol. The van der Waals surface area contributed by atoms with Gasteiger partial charge in [0.1, 0.15) is 6.54 Å². The van der Waals surface area contributed by atoms with Gasteiger partial charge in [-0.2, -0.15) is 5.10 Å². The van der Waals surface area contributed by atoms with Crippen molar-refractivity contribution in [2.45, 2.75) is 40.2 Å². The monoisotopic (exact) mass is 377 g/mol. The summed E-state index contributed by atoms with van der Waals surface area (Å²) in [6.45, 7) is 7.68. The quantitative estimate of drug-likeness (QED) is 0.814. The van der Waals surface area contributed by atoms with E-state index in [9.17, 15) is 9.59 Å². The maximum atomic E-state index is 12.9. The van der Waals surface area contributed by atoms with E-state index in [1.165, 1.54) is 28.5 Å². The maximum Gasteiger partial charge on any atom is 0.262 e. The highest BCUT2D eigenvalue weighted by molar-refractivity contribution is 6.03. The molecule has 0 aromatic heterocycles. The van der Waals surface area contributed by atoms with Crippen molar-refractivity contribution in [1.29, 1.82) is 0 Å². The number of hydrogen-bond donors (Lipinski definition) is 0. The van der Waals surface area contributed by atoms with Crippen LogP contribution in [0.5, 0.6) is 0 Å². The minimum absolute atomic E-state index is 0.0153. The molecule has 2 amide bonds. The van der Waals surface area contributed by atoms with Crippen LogP contribution < -0.4 is 0 Å². The van der Waals surface area contributed by atoms with Crippen molar-refractivity contribution in [1.82, 2.24) is 9.91 Å². The van der Waals surface area contributed by atoms with Gasteiger partial charge in [-0.15, -0.1) is 0 Å². The molecule has 5 nitrogen and oxygen atoms in total. The second-order valence-electron chi connectivity index (χ2n) is 7.59. The van der Waals surface area contributed by atoms with Crippen molar-refractivity contribution in [2.75, 3.05) is 13.6 Å². The maximum absolute atomic E-state index is 12.9. The van der Waals surface area contributed by atoms with E-state index in [0.717, 1.165) is 16.8 Å². The highest BCUT2D eigenvalue weighted by Crippen LogP contribution is 2.33. The molecule has 0 aliphatic carbocycles. The fraction of sp³-hybridized carbons (Fsp3) is 0.348. The van der Waals surface area contributed by atoms with Crippen molar-refractivity contribution < 1.29 is 9.59 Å². The minimum atomic E-state index is -0.179. The zero-order valence-corrected chi connectivity index (χ0v) is 17.2. The fourth-order valence-electron chi connectivity index (χ4n) is 3.27. The van der Waals surface area contributed by atoms with Crippen molar-refractivity contribution >= 4 is 17.5 Å². The van der Waals surface area contributed by atoms with Gasteiger partial charge in [0.2, 0.25) is 5.91 Å². The summed E-state index contributed by atoms with van der Waals surface area (Å²) >= 11 is 0. The number of nitrogens with zero attached hydrogens (tertiary/aromatic N) is 3. The normalized spacial score (nSPS) is 16.1. The first-order valence-corrected chi connectivity index (χ1v) is 9.51. The van der Waals surface area contributed by atoms with Crippen LogP contribution in [-0.4, -0.2) is 41.0 Å². The van der Waals surface area contributed by atoms with Crippen LogP contribution in [0.25, 0.3) is 0 Å². The molecule has 146 valence electrons. The van der Waals surface area contributed by atoms with Gasteiger partial charge in [0.05, 0.1) is 11.8 Å². The van der Waals surface area contributed by atoms with Gasteiger partial charge in [-0.1, -0.05) is 42.0 Å². The van der Waals surface area contributed by atoms with E-state index in [-0.39, 0.29) is 24.4 Å². The Bertz CT molecular complexity index is 931. The number of hydrogen-bond acceptors (Lipinski definition) is 3. The van der Waals surface area contributed by atoms with Crippen molar-refractivity contribution in [3.8, 4) is 0 Å². The van der Waals surface area contributed by atoms with Crippen LogP contribution in [0.2, 0.25) is 0 Å². The summed E-state index contributed by atoms with van der Waals surface area (Å²) in [5, 5.41) is 6.23. The summed E-state index contributed by atoms with van der Waals surface area (Å²) in [4.78, 5) is 25.9. The van der Waals surface area contributed by atoms with Crippen LogP contribution in [0.1, 0.15) is 47.2 Å². The van der Waals surface area contributed by atoms with E-state index >= 15 is 0 Å². The predicted molar refractivity (Wildman–Crippen MR) is 111 cm³/mol. The number of amides is 2. The van der Waals surface area contributed by atoms with Crippen molar-refractivity contribution in [3.05, 3.63) is 70.3 Å². The van der Waals surface area contributed by atoms with E-state index in [1.54, 1.807) is 12.1 Å². The molecular formula is C23H27N3O2. The Hall–Kier alpha value is -2.95. The number of carbonyl (C=O) groups is 2. The van der Waals surface area contributed by atoms with Gasteiger partial charge >= 0.3 is 0 Å². The predicted octanol–water partition coefficient (Wildman–Crippen LogP) is 3.77. The zero-order valence-electron chi connectivity index (χ0n) is 17.2. The molecule has 28 heavy (non-hydrogen) atoms. The van der Waals surface area contributed by atoms with Gasteiger partial charge in [-0.25, -0.2) is 5.01 Å². The van der Waals surface area contributed by atoms with Crippen LogP contribution in [0.15, 0.2) is 47.6 Å². The van der Waals surface area contributed by atoms with E-state index < -0.39 is 0 Å². The topological polar surface area (TPSA) is 53.0 Å². The molecule has 1 aliphatic rings. The van der Waals surface area contributed by atoms with Gasteiger partial charge in [0.15, 0.2) is 0 Å². The van der Waals surface area contributed by atoms with Gasteiger partial charge in [0, 0.05) is 20.4 Å². The average molecular weight is 377 g/mol. The third-order valence-corrected chi connectivity index (χ3v) is 5.38. The molecule has 0 saturated carbocycles.